The first-order valence-electron chi connectivity index (χ1n) is 4.89. The molecule has 76 valence electrons. The van der Waals surface area contributed by atoms with E-state index in [1.807, 2.05) is 11.8 Å². The molecule has 1 saturated heterocycles. The second-order valence-electron chi connectivity index (χ2n) is 3.50. The van der Waals surface area contributed by atoms with Crippen LogP contribution >= 0.6 is 0 Å². The summed E-state index contributed by atoms with van der Waals surface area (Å²) in [6, 6.07) is 0. The lowest BCUT2D eigenvalue weighted by Crippen LogP contribution is -2.37. The predicted molar refractivity (Wildman–Crippen MR) is 50.4 cm³/mol. The first-order valence-corrected chi connectivity index (χ1v) is 4.89. The van der Waals surface area contributed by atoms with Gasteiger partial charge in [0.2, 0.25) is 5.91 Å². The topological polar surface area (TPSA) is 52.6 Å². The molecule has 0 aromatic carbocycles. The predicted octanol–water partition coefficient (Wildman–Crippen LogP) is -0.421. The van der Waals surface area contributed by atoms with Gasteiger partial charge in [0, 0.05) is 19.6 Å². The zero-order valence-corrected chi connectivity index (χ0v) is 8.12. The molecule has 1 aliphatic rings. The van der Waals surface area contributed by atoms with Gasteiger partial charge in [-0.3, -0.25) is 9.69 Å². The van der Waals surface area contributed by atoms with Crippen LogP contribution in [0.15, 0.2) is 0 Å². The van der Waals surface area contributed by atoms with Gasteiger partial charge >= 0.3 is 0 Å². The van der Waals surface area contributed by atoms with Gasteiger partial charge in [-0.05, 0) is 12.8 Å². The molecule has 0 spiro atoms. The molecule has 0 bridgehead atoms. The second kappa shape index (κ2) is 5.19. The molecule has 1 rings (SSSR count). The summed E-state index contributed by atoms with van der Waals surface area (Å²) in [4.78, 5) is 13.1. The third-order valence-corrected chi connectivity index (χ3v) is 2.28. The maximum atomic E-state index is 11.1. The molecule has 1 heterocycles. The molecule has 0 aromatic heterocycles. The van der Waals surface area contributed by atoms with Crippen LogP contribution in [0.2, 0.25) is 0 Å². The van der Waals surface area contributed by atoms with Crippen molar-refractivity contribution in [3.63, 3.8) is 0 Å². The lowest BCUT2D eigenvalue weighted by atomic mass is 10.2. The van der Waals surface area contributed by atoms with Gasteiger partial charge in [-0.2, -0.15) is 0 Å². The monoisotopic (exact) mass is 186 g/mol. The molecule has 1 atom stereocenters. The van der Waals surface area contributed by atoms with Crippen molar-refractivity contribution in [2.45, 2.75) is 25.9 Å². The van der Waals surface area contributed by atoms with Crippen LogP contribution in [0.4, 0.5) is 0 Å². The number of aliphatic hydroxyl groups is 1. The Kier molecular flexibility index (Phi) is 4.18. The maximum Gasteiger partial charge on any atom is 0.234 e. The Morgan fingerprint density at radius 3 is 3.15 bits per heavy atom. The average Bonchev–Trinajstić information content (AvgIpc) is 2.30. The Morgan fingerprint density at radius 1 is 1.69 bits per heavy atom. The highest BCUT2D eigenvalue weighted by atomic mass is 16.3. The number of amides is 1. The minimum absolute atomic E-state index is 0.0702. The highest BCUT2D eigenvalue weighted by Gasteiger charge is 2.16. The lowest BCUT2D eigenvalue weighted by molar-refractivity contribution is -0.121. The molecule has 2 N–H and O–H groups in total. The van der Waals surface area contributed by atoms with Gasteiger partial charge in [-0.15, -0.1) is 0 Å². The molecule has 0 unspecified atom stereocenters. The Balaban J connectivity index is 2.34. The Bertz CT molecular complexity index is 173. The molecule has 0 saturated carbocycles. The summed E-state index contributed by atoms with van der Waals surface area (Å²) in [6.07, 6.45) is 1.42. The summed E-state index contributed by atoms with van der Waals surface area (Å²) >= 11 is 0. The van der Waals surface area contributed by atoms with E-state index < -0.39 is 0 Å². The van der Waals surface area contributed by atoms with Crippen molar-refractivity contribution >= 4 is 5.91 Å². The van der Waals surface area contributed by atoms with Crippen molar-refractivity contribution in [1.29, 1.82) is 0 Å². The van der Waals surface area contributed by atoms with Gasteiger partial charge in [0.25, 0.3) is 0 Å². The summed E-state index contributed by atoms with van der Waals surface area (Å²) < 4.78 is 0. The molecule has 0 aromatic rings. The summed E-state index contributed by atoms with van der Waals surface area (Å²) in [6.45, 7) is 4.65. The fraction of sp³-hybridized carbons (Fsp3) is 0.889. The van der Waals surface area contributed by atoms with Crippen molar-refractivity contribution < 1.29 is 9.90 Å². The highest BCUT2D eigenvalue weighted by Crippen LogP contribution is 2.00. The Labute approximate surface area is 78.9 Å². The lowest BCUT2D eigenvalue weighted by Gasteiger charge is -2.20. The smallest absolute Gasteiger partial charge is 0.234 e. The average molecular weight is 186 g/mol. The number of rotatable bonds is 3. The van der Waals surface area contributed by atoms with Crippen LogP contribution in [-0.2, 0) is 4.79 Å². The van der Waals surface area contributed by atoms with E-state index in [9.17, 15) is 9.90 Å². The first kappa shape index (κ1) is 10.5. The van der Waals surface area contributed by atoms with Crippen LogP contribution < -0.4 is 5.32 Å². The van der Waals surface area contributed by atoms with E-state index in [1.54, 1.807) is 0 Å². The Morgan fingerprint density at radius 2 is 2.46 bits per heavy atom. The standard InChI is InChI=1S/C9H18N2O2/c1-2-8(12)6-11-5-3-4-10-9(13)7-11/h8,12H,2-7H2,1H3,(H,10,13)/t8-/m0/s1. The molecule has 13 heavy (non-hydrogen) atoms. The van der Waals surface area contributed by atoms with E-state index in [0.29, 0.717) is 13.1 Å². The third-order valence-electron chi connectivity index (χ3n) is 2.28. The van der Waals surface area contributed by atoms with Gasteiger partial charge < -0.3 is 10.4 Å². The van der Waals surface area contributed by atoms with Crippen molar-refractivity contribution in [3.8, 4) is 0 Å². The van der Waals surface area contributed by atoms with E-state index >= 15 is 0 Å². The van der Waals surface area contributed by atoms with Crippen LogP contribution in [0.25, 0.3) is 0 Å². The van der Waals surface area contributed by atoms with Gasteiger partial charge in [-0.1, -0.05) is 6.92 Å². The number of carbonyl (C=O) groups excluding carboxylic acids is 1. The van der Waals surface area contributed by atoms with Crippen LogP contribution in [0.5, 0.6) is 0 Å². The summed E-state index contributed by atoms with van der Waals surface area (Å²) in [5, 5.41) is 12.2. The molecule has 4 heteroatoms. The largest absolute Gasteiger partial charge is 0.392 e. The van der Waals surface area contributed by atoms with Gasteiger partial charge in [0.1, 0.15) is 0 Å². The fourth-order valence-electron chi connectivity index (χ4n) is 1.45. The number of nitrogens with zero attached hydrogens (tertiary/aromatic N) is 1. The van der Waals surface area contributed by atoms with E-state index in [1.165, 1.54) is 0 Å². The number of aliphatic hydroxyl groups excluding tert-OH is 1. The number of hydrogen-bond acceptors (Lipinski definition) is 3. The Hall–Kier alpha value is -0.610. The molecular weight excluding hydrogens is 168 g/mol. The van der Waals surface area contributed by atoms with E-state index in [4.69, 9.17) is 0 Å². The summed E-state index contributed by atoms with van der Waals surface area (Å²) in [7, 11) is 0. The molecule has 0 radical (unpaired) electrons. The summed E-state index contributed by atoms with van der Waals surface area (Å²) in [5.41, 5.74) is 0. The van der Waals surface area contributed by atoms with Crippen molar-refractivity contribution in [2.75, 3.05) is 26.2 Å². The van der Waals surface area contributed by atoms with Crippen LogP contribution in [-0.4, -0.2) is 48.2 Å². The van der Waals surface area contributed by atoms with Crippen molar-refractivity contribution in [1.82, 2.24) is 10.2 Å². The number of β-amino-alcohol motifs (C(OH)–C–C–N with tert-alkyl or cyclic N) is 1. The highest BCUT2D eigenvalue weighted by molar-refractivity contribution is 5.78. The minimum Gasteiger partial charge on any atom is -0.392 e. The van der Waals surface area contributed by atoms with E-state index in [-0.39, 0.29) is 12.0 Å². The van der Waals surface area contributed by atoms with Gasteiger partial charge in [0.05, 0.1) is 12.6 Å². The van der Waals surface area contributed by atoms with Crippen LogP contribution in [0, 0.1) is 0 Å². The zero-order chi connectivity index (χ0) is 9.68. The minimum atomic E-state index is -0.300. The second-order valence-corrected chi connectivity index (χ2v) is 3.50. The summed E-state index contributed by atoms with van der Waals surface area (Å²) in [5.74, 6) is 0.0702. The van der Waals surface area contributed by atoms with E-state index in [2.05, 4.69) is 5.32 Å². The molecule has 4 nitrogen and oxygen atoms in total. The first-order chi connectivity index (χ1) is 6.22. The maximum absolute atomic E-state index is 11.1. The van der Waals surface area contributed by atoms with Crippen LogP contribution in [0.3, 0.4) is 0 Å². The van der Waals surface area contributed by atoms with Crippen molar-refractivity contribution in [2.24, 2.45) is 0 Å². The molecule has 0 aliphatic carbocycles. The normalized spacial score (nSPS) is 22.2. The molecule has 1 fully saturated rings. The van der Waals surface area contributed by atoms with Gasteiger partial charge in [-0.25, -0.2) is 0 Å². The fourth-order valence-corrected chi connectivity index (χ4v) is 1.45. The van der Waals surface area contributed by atoms with Gasteiger partial charge in [0.15, 0.2) is 0 Å². The molecular formula is C9H18N2O2. The van der Waals surface area contributed by atoms with E-state index in [0.717, 1.165) is 25.9 Å². The third kappa shape index (κ3) is 3.74. The quantitative estimate of drug-likeness (QED) is 0.629. The number of hydrogen-bond donors (Lipinski definition) is 2. The molecule has 1 amide bonds. The number of carbonyl (C=O) groups is 1. The van der Waals surface area contributed by atoms with Crippen molar-refractivity contribution in [3.05, 3.63) is 0 Å². The van der Waals surface area contributed by atoms with Crippen LogP contribution in [0.1, 0.15) is 19.8 Å². The molecule has 1 aliphatic heterocycles. The SMILES string of the molecule is CC[C@H](O)CN1CCCNC(=O)C1. The zero-order valence-electron chi connectivity index (χ0n) is 8.12. The number of nitrogens with one attached hydrogen (secondary N) is 1.